The summed E-state index contributed by atoms with van der Waals surface area (Å²) in [7, 11) is -1.40. The summed E-state index contributed by atoms with van der Waals surface area (Å²) in [4.78, 5) is 0.0868. The highest BCUT2D eigenvalue weighted by Gasteiger charge is 2.42. The molecule has 0 saturated heterocycles. The molecule has 0 unspecified atom stereocenters. The number of aromatic nitrogens is 2. The molecule has 1 aromatic heterocycles. The van der Waals surface area contributed by atoms with E-state index in [9.17, 15) is 35.5 Å². The Balaban J connectivity index is 1.69. The third-order valence-electron chi connectivity index (χ3n) is 6.48. The van der Waals surface area contributed by atoms with Gasteiger partial charge < -0.3 is 15.6 Å². The fourth-order valence-electron chi connectivity index (χ4n) is 4.65. The molecule has 0 atom stereocenters. The summed E-state index contributed by atoms with van der Waals surface area (Å²) in [5.74, 6) is -4.20. The third-order valence-corrected chi connectivity index (χ3v) is 7.18. The topological polar surface area (TPSA) is 123 Å². The Kier molecular flexibility index (Phi) is 7.32. The van der Waals surface area contributed by atoms with Crippen molar-refractivity contribution in [2.24, 2.45) is 12.8 Å². The van der Waals surface area contributed by atoms with Gasteiger partial charge in [0.2, 0.25) is 0 Å². The van der Waals surface area contributed by atoms with E-state index in [1.807, 2.05) is 0 Å². The first-order chi connectivity index (χ1) is 19.8. The van der Waals surface area contributed by atoms with Crippen molar-refractivity contribution in [3.05, 3.63) is 84.2 Å². The van der Waals surface area contributed by atoms with Gasteiger partial charge in [-0.3, -0.25) is 15.1 Å². The number of fused-ring (bicyclic) bond motifs is 3. The van der Waals surface area contributed by atoms with Gasteiger partial charge >= 0.3 is 12.3 Å². The number of nitrogens with two attached hydrogens (primary N) is 1. The number of aliphatic hydroxyl groups is 1. The maximum Gasteiger partial charge on any atom is 0.573 e. The monoisotopic (exact) mass is 607 g/mol. The van der Waals surface area contributed by atoms with Crippen molar-refractivity contribution in [2.75, 3.05) is 17.0 Å². The van der Waals surface area contributed by atoms with Gasteiger partial charge in [0.25, 0.3) is 0 Å². The van der Waals surface area contributed by atoms with Crippen LogP contribution in [-0.4, -0.2) is 36.3 Å². The third kappa shape index (κ3) is 5.35. The van der Waals surface area contributed by atoms with Crippen LogP contribution in [0.25, 0.3) is 28.1 Å². The predicted octanol–water partition coefficient (Wildman–Crippen LogP) is 4.81. The molecule has 15 heteroatoms. The fourth-order valence-corrected chi connectivity index (χ4v) is 5.11. The highest BCUT2D eigenvalue weighted by molar-refractivity contribution is 7.72. The second-order valence-corrected chi connectivity index (χ2v) is 10.2. The number of hydrazine groups is 1. The number of hydrogen-bond donors (Lipinski definition) is 4. The standard InChI is InChI=1S/C27H22F5N5O4S/c1-36-24-20-10-7-17(16-3-2-4-19(11-16)42(39)40)12-21(20)37(34-23(24)25(35-36)26(28,29)14-38)22(13-33)15-5-8-18(9-6-15)41-27(30,31)32/h2-13,34,38,42H,14,33H2,1H3/b22-13-. The number of rotatable bonds is 7. The molecule has 0 spiro atoms. The molecule has 0 saturated carbocycles. The van der Waals surface area contributed by atoms with E-state index in [1.54, 1.807) is 30.3 Å². The second-order valence-electron chi connectivity index (χ2n) is 9.17. The summed E-state index contributed by atoms with van der Waals surface area (Å²) in [5.41, 5.74) is 10.6. The van der Waals surface area contributed by atoms with Crippen molar-refractivity contribution in [2.45, 2.75) is 17.2 Å². The molecular weight excluding hydrogens is 585 g/mol. The van der Waals surface area contributed by atoms with E-state index < -0.39 is 41.0 Å². The minimum Gasteiger partial charge on any atom is -0.406 e. The van der Waals surface area contributed by atoms with Gasteiger partial charge in [0, 0.05) is 24.4 Å². The Labute approximate surface area is 237 Å². The molecule has 0 fully saturated rings. The quantitative estimate of drug-likeness (QED) is 0.175. The minimum absolute atomic E-state index is 0.0868. The Hall–Kier alpha value is -4.63. The highest BCUT2D eigenvalue weighted by atomic mass is 32.2. The van der Waals surface area contributed by atoms with Gasteiger partial charge in [-0.05, 0) is 59.7 Å². The summed E-state index contributed by atoms with van der Waals surface area (Å²) >= 11 is 0. The molecule has 0 radical (unpaired) electrons. The van der Waals surface area contributed by atoms with Gasteiger partial charge in [-0.2, -0.15) is 13.9 Å². The molecule has 1 aliphatic heterocycles. The molecule has 2 heterocycles. The SMILES string of the molecule is Cn1nc(C(F)(F)CO)c2c1-c1ccc(-c3cccc([SH](=O)=O)c3)cc1N(/C(=C\N)c1ccc(OC(F)(F)F)cc1)N2. The molecule has 0 amide bonds. The van der Waals surface area contributed by atoms with E-state index in [2.05, 4.69) is 15.3 Å². The first kappa shape index (κ1) is 28.9. The lowest BCUT2D eigenvalue weighted by Gasteiger charge is -2.35. The average molecular weight is 608 g/mol. The van der Waals surface area contributed by atoms with Crippen LogP contribution >= 0.6 is 0 Å². The van der Waals surface area contributed by atoms with Crippen molar-refractivity contribution in [1.29, 1.82) is 0 Å². The van der Waals surface area contributed by atoms with Crippen LogP contribution in [0.4, 0.5) is 33.3 Å². The number of halogens is 5. The zero-order chi connectivity index (χ0) is 30.4. The van der Waals surface area contributed by atoms with E-state index in [1.165, 1.54) is 41.0 Å². The first-order valence-electron chi connectivity index (χ1n) is 12.1. The van der Waals surface area contributed by atoms with Gasteiger partial charge in [-0.25, -0.2) is 8.42 Å². The maximum atomic E-state index is 14.8. The summed E-state index contributed by atoms with van der Waals surface area (Å²) in [6, 6.07) is 15.9. The van der Waals surface area contributed by atoms with Crippen LogP contribution in [0, 0.1) is 0 Å². The Morgan fingerprint density at radius 3 is 2.36 bits per heavy atom. The number of thiol groups is 1. The van der Waals surface area contributed by atoms with Crippen molar-refractivity contribution in [1.82, 2.24) is 9.78 Å². The van der Waals surface area contributed by atoms with Crippen molar-refractivity contribution >= 4 is 27.8 Å². The van der Waals surface area contributed by atoms with E-state index in [0.717, 1.165) is 18.3 Å². The van der Waals surface area contributed by atoms with Crippen molar-refractivity contribution < 1.29 is 40.2 Å². The lowest BCUT2D eigenvalue weighted by atomic mass is 9.97. The van der Waals surface area contributed by atoms with Gasteiger partial charge in [0.15, 0.2) is 16.4 Å². The first-order valence-corrected chi connectivity index (χ1v) is 13.3. The molecule has 0 bridgehead atoms. The highest BCUT2D eigenvalue weighted by Crippen LogP contribution is 2.48. The molecule has 5 rings (SSSR count). The van der Waals surface area contributed by atoms with Crippen LogP contribution in [0.1, 0.15) is 11.3 Å². The predicted molar refractivity (Wildman–Crippen MR) is 145 cm³/mol. The van der Waals surface area contributed by atoms with Crippen LogP contribution < -0.4 is 20.9 Å². The Morgan fingerprint density at radius 2 is 1.74 bits per heavy atom. The van der Waals surface area contributed by atoms with E-state index in [-0.39, 0.29) is 22.0 Å². The minimum atomic E-state index is -4.90. The smallest absolute Gasteiger partial charge is 0.406 e. The van der Waals surface area contributed by atoms with Gasteiger partial charge in [-0.15, -0.1) is 13.2 Å². The summed E-state index contributed by atoms with van der Waals surface area (Å²) < 4.78 is 95.9. The summed E-state index contributed by atoms with van der Waals surface area (Å²) in [6.07, 6.45) is -3.77. The van der Waals surface area contributed by atoms with E-state index in [0.29, 0.717) is 27.9 Å². The average Bonchev–Trinajstić information content (AvgIpc) is 3.30. The lowest BCUT2D eigenvalue weighted by molar-refractivity contribution is -0.274. The number of aryl methyl sites for hydroxylation is 1. The Bertz CT molecular complexity index is 1760. The second kappa shape index (κ2) is 10.6. The number of anilines is 2. The molecule has 220 valence electrons. The normalized spacial score (nSPS) is 13.5. The number of hydrogen-bond acceptors (Lipinski definition) is 8. The number of aliphatic hydroxyl groups excluding tert-OH is 1. The van der Waals surface area contributed by atoms with Crippen LogP contribution in [0.2, 0.25) is 0 Å². The Morgan fingerprint density at radius 1 is 1.05 bits per heavy atom. The molecule has 0 aliphatic carbocycles. The zero-order valence-corrected chi connectivity index (χ0v) is 22.5. The van der Waals surface area contributed by atoms with Crippen LogP contribution in [0.15, 0.2) is 77.8 Å². The number of nitrogens with zero attached hydrogens (tertiary/aromatic N) is 3. The summed E-state index contributed by atoms with van der Waals surface area (Å²) in [5, 5.41) is 14.7. The number of nitrogens with one attached hydrogen (secondary N) is 1. The largest absolute Gasteiger partial charge is 0.573 e. The van der Waals surface area contributed by atoms with E-state index in [4.69, 9.17) is 5.73 Å². The van der Waals surface area contributed by atoms with Crippen molar-refractivity contribution in [3.63, 3.8) is 0 Å². The molecule has 42 heavy (non-hydrogen) atoms. The van der Waals surface area contributed by atoms with Crippen LogP contribution in [0.5, 0.6) is 5.75 Å². The van der Waals surface area contributed by atoms with Crippen LogP contribution in [-0.2, 0) is 23.7 Å². The number of ether oxygens (including phenoxy) is 1. The van der Waals surface area contributed by atoms with Gasteiger partial charge in [0.1, 0.15) is 18.0 Å². The molecule has 1 aliphatic rings. The maximum absolute atomic E-state index is 14.8. The van der Waals surface area contributed by atoms with Gasteiger partial charge in [0.05, 0.1) is 22.0 Å². The molecule has 4 aromatic rings. The number of benzene rings is 3. The van der Waals surface area contributed by atoms with Gasteiger partial charge in [-0.1, -0.05) is 18.2 Å². The fraction of sp³-hybridized carbons (Fsp3) is 0.148. The van der Waals surface area contributed by atoms with Crippen LogP contribution in [0.3, 0.4) is 0 Å². The molecular formula is C27H22F5N5O4S. The number of alkyl halides is 5. The molecule has 4 N–H and O–H groups in total. The lowest BCUT2D eigenvalue weighted by Crippen LogP contribution is -2.33. The molecule has 9 nitrogen and oxygen atoms in total. The zero-order valence-electron chi connectivity index (χ0n) is 21.6. The summed E-state index contributed by atoms with van der Waals surface area (Å²) in [6.45, 7) is -1.51. The van der Waals surface area contributed by atoms with E-state index >= 15 is 0 Å². The van der Waals surface area contributed by atoms with Crippen molar-refractivity contribution in [3.8, 4) is 28.1 Å². The molecule has 3 aromatic carbocycles.